The van der Waals surface area contributed by atoms with Crippen molar-refractivity contribution in [3.05, 3.63) is 63.9 Å². The molecule has 1 N–H and O–H groups in total. The first kappa shape index (κ1) is 13.2. The zero-order chi connectivity index (χ0) is 13.7. The van der Waals surface area contributed by atoms with Crippen molar-refractivity contribution >= 4 is 21.8 Å². The van der Waals surface area contributed by atoms with E-state index in [0.29, 0.717) is 12.1 Å². The highest BCUT2D eigenvalue weighted by atomic mass is 79.9. The SMILES string of the molecule is N#Cc1ccnc(C(=O)NCc2cccc(Br)c2)c1. The molecule has 0 saturated heterocycles. The molecule has 0 radical (unpaired) electrons. The van der Waals surface area contributed by atoms with Gasteiger partial charge in [-0.15, -0.1) is 0 Å². The van der Waals surface area contributed by atoms with Crippen LogP contribution in [0.1, 0.15) is 21.6 Å². The van der Waals surface area contributed by atoms with E-state index in [-0.39, 0.29) is 11.6 Å². The van der Waals surface area contributed by atoms with Crippen molar-refractivity contribution in [3.63, 3.8) is 0 Å². The number of carbonyl (C=O) groups is 1. The summed E-state index contributed by atoms with van der Waals surface area (Å²) in [6, 6.07) is 12.7. The van der Waals surface area contributed by atoms with Crippen molar-refractivity contribution in [1.29, 1.82) is 5.26 Å². The first-order valence-corrected chi connectivity index (χ1v) is 6.37. The fourth-order valence-electron chi connectivity index (χ4n) is 1.54. The van der Waals surface area contributed by atoms with Crippen molar-refractivity contribution in [2.45, 2.75) is 6.54 Å². The Morgan fingerprint density at radius 3 is 2.95 bits per heavy atom. The molecular weight excluding hydrogens is 306 g/mol. The molecule has 1 amide bonds. The average Bonchev–Trinajstić information content (AvgIpc) is 2.45. The lowest BCUT2D eigenvalue weighted by atomic mass is 10.2. The molecule has 1 heterocycles. The number of nitrogens with one attached hydrogen (secondary N) is 1. The highest BCUT2D eigenvalue weighted by Crippen LogP contribution is 2.11. The van der Waals surface area contributed by atoms with Crippen LogP contribution in [0.3, 0.4) is 0 Å². The van der Waals surface area contributed by atoms with Crippen LogP contribution in [-0.4, -0.2) is 10.9 Å². The van der Waals surface area contributed by atoms with E-state index in [2.05, 4.69) is 26.2 Å². The Morgan fingerprint density at radius 1 is 1.37 bits per heavy atom. The van der Waals surface area contributed by atoms with E-state index in [0.717, 1.165) is 10.0 Å². The Morgan fingerprint density at radius 2 is 2.21 bits per heavy atom. The van der Waals surface area contributed by atoms with Gasteiger partial charge in [0.2, 0.25) is 0 Å². The number of nitriles is 1. The number of aromatic nitrogens is 1. The minimum atomic E-state index is -0.294. The van der Waals surface area contributed by atoms with Gasteiger partial charge in [0.15, 0.2) is 0 Å². The summed E-state index contributed by atoms with van der Waals surface area (Å²) in [6.45, 7) is 0.413. The number of pyridine rings is 1. The van der Waals surface area contributed by atoms with Gasteiger partial charge in [0, 0.05) is 17.2 Å². The normalized spacial score (nSPS) is 9.68. The van der Waals surface area contributed by atoms with Gasteiger partial charge < -0.3 is 5.32 Å². The summed E-state index contributed by atoms with van der Waals surface area (Å²) in [5, 5.41) is 11.5. The van der Waals surface area contributed by atoms with Gasteiger partial charge in [-0.25, -0.2) is 0 Å². The topological polar surface area (TPSA) is 65.8 Å². The Hall–Kier alpha value is -2.19. The summed E-state index contributed by atoms with van der Waals surface area (Å²) in [7, 11) is 0. The van der Waals surface area contributed by atoms with Gasteiger partial charge in [-0.2, -0.15) is 5.26 Å². The summed E-state index contributed by atoms with van der Waals surface area (Å²) in [5.41, 5.74) is 1.65. The molecule has 19 heavy (non-hydrogen) atoms. The predicted molar refractivity (Wildman–Crippen MR) is 74.3 cm³/mol. The summed E-state index contributed by atoms with van der Waals surface area (Å²) >= 11 is 3.37. The molecule has 0 aliphatic heterocycles. The molecule has 4 nitrogen and oxygen atoms in total. The van der Waals surface area contributed by atoms with Gasteiger partial charge >= 0.3 is 0 Å². The first-order valence-electron chi connectivity index (χ1n) is 5.58. The molecule has 0 bridgehead atoms. The molecule has 0 fully saturated rings. The van der Waals surface area contributed by atoms with E-state index in [1.165, 1.54) is 12.3 Å². The van der Waals surface area contributed by atoms with Gasteiger partial charge in [-0.3, -0.25) is 9.78 Å². The van der Waals surface area contributed by atoms with E-state index in [1.807, 2.05) is 30.3 Å². The second-order valence-electron chi connectivity index (χ2n) is 3.85. The Kier molecular flexibility index (Phi) is 4.26. The molecule has 2 aromatic rings. The third-order valence-electron chi connectivity index (χ3n) is 2.46. The Labute approximate surface area is 119 Å². The predicted octanol–water partition coefficient (Wildman–Crippen LogP) is 2.65. The second kappa shape index (κ2) is 6.12. The standard InChI is InChI=1S/C14H10BrN3O/c15-12-3-1-2-11(6-12)9-18-14(19)13-7-10(8-16)4-5-17-13/h1-7H,9H2,(H,18,19). The van der Waals surface area contributed by atoms with Crippen LogP contribution in [0, 0.1) is 11.3 Å². The summed E-state index contributed by atoms with van der Waals surface area (Å²) < 4.78 is 0.962. The highest BCUT2D eigenvalue weighted by molar-refractivity contribution is 9.10. The van der Waals surface area contributed by atoms with Crippen LogP contribution in [0.15, 0.2) is 47.1 Å². The molecule has 5 heteroatoms. The number of hydrogen-bond acceptors (Lipinski definition) is 3. The maximum Gasteiger partial charge on any atom is 0.270 e. The van der Waals surface area contributed by atoms with Crippen LogP contribution in [-0.2, 0) is 6.54 Å². The average molecular weight is 316 g/mol. The van der Waals surface area contributed by atoms with E-state index in [1.54, 1.807) is 6.07 Å². The molecule has 94 valence electrons. The lowest BCUT2D eigenvalue weighted by Gasteiger charge is -2.05. The third-order valence-corrected chi connectivity index (χ3v) is 2.96. The number of nitrogens with zero attached hydrogens (tertiary/aromatic N) is 2. The monoisotopic (exact) mass is 315 g/mol. The molecule has 1 aromatic heterocycles. The molecule has 0 spiro atoms. The third kappa shape index (κ3) is 3.63. The molecule has 0 aliphatic rings. The highest BCUT2D eigenvalue weighted by Gasteiger charge is 2.07. The van der Waals surface area contributed by atoms with E-state index in [9.17, 15) is 4.79 Å². The number of hydrogen-bond donors (Lipinski definition) is 1. The van der Waals surface area contributed by atoms with Crippen molar-refractivity contribution in [1.82, 2.24) is 10.3 Å². The second-order valence-corrected chi connectivity index (χ2v) is 4.77. The fraction of sp³-hybridized carbons (Fsp3) is 0.0714. The molecule has 0 atom stereocenters. The molecule has 2 rings (SSSR count). The number of benzene rings is 1. The van der Waals surface area contributed by atoms with Crippen LogP contribution in [0.4, 0.5) is 0 Å². The van der Waals surface area contributed by atoms with E-state index >= 15 is 0 Å². The van der Waals surface area contributed by atoms with Crippen LogP contribution < -0.4 is 5.32 Å². The van der Waals surface area contributed by atoms with Gasteiger partial charge in [0.25, 0.3) is 5.91 Å². The number of rotatable bonds is 3. The maximum absolute atomic E-state index is 11.9. The van der Waals surface area contributed by atoms with Gasteiger partial charge in [0.05, 0.1) is 11.6 Å². The number of carbonyl (C=O) groups excluding carboxylic acids is 1. The molecule has 0 unspecified atom stereocenters. The van der Waals surface area contributed by atoms with E-state index < -0.39 is 0 Å². The molecule has 0 aliphatic carbocycles. The van der Waals surface area contributed by atoms with E-state index in [4.69, 9.17) is 5.26 Å². The Bertz CT molecular complexity index is 649. The van der Waals surface area contributed by atoms with Gasteiger partial charge in [-0.1, -0.05) is 28.1 Å². The minimum Gasteiger partial charge on any atom is -0.347 e. The van der Waals surface area contributed by atoms with Crippen molar-refractivity contribution < 1.29 is 4.79 Å². The summed E-state index contributed by atoms with van der Waals surface area (Å²) in [6.07, 6.45) is 1.45. The maximum atomic E-state index is 11.9. The lowest BCUT2D eigenvalue weighted by molar-refractivity contribution is 0.0946. The van der Waals surface area contributed by atoms with Crippen molar-refractivity contribution in [3.8, 4) is 6.07 Å². The fourth-order valence-corrected chi connectivity index (χ4v) is 1.99. The largest absolute Gasteiger partial charge is 0.347 e. The molecular formula is C14H10BrN3O. The zero-order valence-electron chi connectivity index (χ0n) is 9.93. The summed E-state index contributed by atoms with van der Waals surface area (Å²) in [4.78, 5) is 15.8. The van der Waals surface area contributed by atoms with Crippen LogP contribution >= 0.6 is 15.9 Å². The van der Waals surface area contributed by atoms with Crippen molar-refractivity contribution in [2.24, 2.45) is 0 Å². The number of amides is 1. The Balaban J connectivity index is 2.03. The quantitative estimate of drug-likeness (QED) is 0.946. The molecule has 1 aromatic carbocycles. The van der Waals surface area contributed by atoms with Gasteiger partial charge in [0.1, 0.15) is 5.69 Å². The lowest BCUT2D eigenvalue weighted by Crippen LogP contribution is -2.23. The van der Waals surface area contributed by atoms with Crippen LogP contribution in [0.25, 0.3) is 0 Å². The first-order chi connectivity index (χ1) is 9.19. The zero-order valence-corrected chi connectivity index (χ0v) is 11.5. The van der Waals surface area contributed by atoms with Crippen LogP contribution in [0.5, 0.6) is 0 Å². The molecule has 0 saturated carbocycles. The van der Waals surface area contributed by atoms with Crippen molar-refractivity contribution in [2.75, 3.05) is 0 Å². The smallest absolute Gasteiger partial charge is 0.270 e. The minimum absolute atomic E-state index is 0.244. The van der Waals surface area contributed by atoms with Crippen LogP contribution in [0.2, 0.25) is 0 Å². The number of halogens is 1. The van der Waals surface area contributed by atoms with Gasteiger partial charge in [-0.05, 0) is 29.8 Å². The summed E-state index contributed by atoms with van der Waals surface area (Å²) in [5.74, 6) is -0.294.